The van der Waals surface area contributed by atoms with Crippen LogP contribution in [0.15, 0.2) is 70.3 Å². The summed E-state index contributed by atoms with van der Waals surface area (Å²) in [5, 5.41) is 6.90. The Balaban J connectivity index is 1.65. The number of fused-ring (bicyclic) bond motifs is 2. The van der Waals surface area contributed by atoms with Gasteiger partial charge in [0.25, 0.3) is 0 Å². The van der Waals surface area contributed by atoms with Crippen molar-refractivity contribution in [2.24, 2.45) is 4.99 Å². The normalized spacial score (nSPS) is 14.0. The number of hydrogen-bond donors (Lipinski definition) is 1. The second-order valence-corrected chi connectivity index (χ2v) is 9.30. The molecule has 0 fully saturated rings. The summed E-state index contributed by atoms with van der Waals surface area (Å²) in [5.74, 6) is 1.45. The van der Waals surface area contributed by atoms with Gasteiger partial charge in [-0.2, -0.15) is 0 Å². The third-order valence-electron chi connectivity index (χ3n) is 6.00. The number of furan rings is 1. The SMILES string of the molecule is CCOc1c(/C(C)=C/C(=O)NC2=NCCS2)cc2c(-c3cccc4ccccc34)coc2c1C. The number of hydrogen-bond acceptors (Lipinski definition) is 5. The molecule has 0 bridgehead atoms. The molecule has 2 heterocycles. The number of carbonyl (C=O) groups excluding carboxylic acids is 1. The molecule has 0 saturated carbocycles. The summed E-state index contributed by atoms with van der Waals surface area (Å²) >= 11 is 1.56. The van der Waals surface area contributed by atoms with Crippen molar-refractivity contribution < 1.29 is 13.9 Å². The van der Waals surface area contributed by atoms with E-state index >= 15 is 0 Å². The quantitative estimate of drug-likeness (QED) is 0.335. The number of nitrogens with one attached hydrogen (secondary N) is 1. The van der Waals surface area contributed by atoms with Crippen molar-refractivity contribution >= 4 is 50.2 Å². The highest BCUT2D eigenvalue weighted by Gasteiger charge is 2.20. The number of ether oxygens (including phenoxy) is 1. The topological polar surface area (TPSA) is 63.8 Å². The van der Waals surface area contributed by atoms with Crippen LogP contribution < -0.4 is 10.1 Å². The molecule has 4 aromatic rings. The molecule has 1 aliphatic rings. The van der Waals surface area contributed by atoms with Crippen LogP contribution in [0.2, 0.25) is 0 Å². The lowest BCUT2D eigenvalue weighted by Gasteiger charge is -2.15. The van der Waals surface area contributed by atoms with Gasteiger partial charge in [0, 0.05) is 33.9 Å². The monoisotopic (exact) mass is 470 g/mol. The van der Waals surface area contributed by atoms with E-state index in [0.717, 1.165) is 56.8 Å². The van der Waals surface area contributed by atoms with Crippen LogP contribution in [-0.4, -0.2) is 30.0 Å². The maximum absolute atomic E-state index is 12.6. The van der Waals surface area contributed by atoms with Crippen molar-refractivity contribution in [3.8, 4) is 16.9 Å². The van der Waals surface area contributed by atoms with Crippen molar-refractivity contribution in [3.63, 3.8) is 0 Å². The average molecular weight is 471 g/mol. The fraction of sp³-hybridized carbons (Fsp3) is 0.214. The van der Waals surface area contributed by atoms with Gasteiger partial charge in [0.05, 0.1) is 19.4 Å². The van der Waals surface area contributed by atoms with Gasteiger partial charge < -0.3 is 14.5 Å². The minimum atomic E-state index is -0.188. The molecule has 1 aliphatic heterocycles. The summed E-state index contributed by atoms with van der Waals surface area (Å²) in [4.78, 5) is 16.9. The number of allylic oxidation sites excluding steroid dienone is 1. The Bertz CT molecular complexity index is 1460. The van der Waals surface area contributed by atoms with Crippen molar-refractivity contribution in [2.45, 2.75) is 20.8 Å². The number of thioether (sulfide) groups is 1. The van der Waals surface area contributed by atoms with Crippen molar-refractivity contribution in [1.82, 2.24) is 5.32 Å². The zero-order valence-corrected chi connectivity index (χ0v) is 20.3. The van der Waals surface area contributed by atoms with Gasteiger partial charge in [-0.05, 0) is 48.7 Å². The van der Waals surface area contributed by atoms with E-state index in [9.17, 15) is 4.79 Å². The van der Waals surface area contributed by atoms with Crippen LogP contribution in [0.5, 0.6) is 5.75 Å². The number of benzene rings is 3. The molecule has 0 unspecified atom stereocenters. The maximum Gasteiger partial charge on any atom is 0.250 e. The number of rotatable bonds is 5. The zero-order valence-electron chi connectivity index (χ0n) is 19.5. The second-order valence-electron chi connectivity index (χ2n) is 8.22. The van der Waals surface area contributed by atoms with Crippen LogP contribution in [0.4, 0.5) is 0 Å². The molecule has 0 atom stereocenters. The molecule has 6 heteroatoms. The molecule has 1 aromatic heterocycles. The van der Waals surface area contributed by atoms with Crippen LogP contribution in [-0.2, 0) is 4.79 Å². The summed E-state index contributed by atoms with van der Waals surface area (Å²) in [6, 6.07) is 16.7. The van der Waals surface area contributed by atoms with Crippen molar-refractivity contribution in [1.29, 1.82) is 0 Å². The second kappa shape index (κ2) is 9.39. The number of aliphatic imine (C=N–C) groups is 1. The van der Waals surface area contributed by atoms with Gasteiger partial charge in [0.1, 0.15) is 11.3 Å². The summed E-state index contributed by atoms with van der Waals surface area (Å²) in [6.07, 6.45) is 3.43. The van der Waals surface area contributed by atoms with Gasteiger partial charge in [0.15, 0.2) is 5.17 Å². The molecule has 172 valence electrons. The van der Waals surface area contributed by atoms with Crippen LogP contribution in [0, 0.1) is 6.92 Å². The van der Waals surface area contributed by atoms with Crippen LogP contribution in [0.1, 0.15) is 25.0 Å². The van der Waals surface area contributed by atoms with Gasteiger partial charge in [0.2, 0.25) is 5.91 Å². The van der Waals surface area contributed by atoms with Crippen molar-refractivity contribution in [2.75, 3.05) is 18.9 Å². The molecular formula is C28H26N2O3S. The lowest BCUT2D eigenvalue weighted by atomic mass is 9.94. The minimum Gasteiger partial charge on any atom is -0.493 e. The molecule has 1 amide bonds. The number of amides is 1. The van der Waals surface area contributed by atoms with Gasteiger partial charge >= 0.3 is 0 Å². The van der Waals surface area contributed by atoms with E-state index in [1.54, 1.807) is 17.8 Å². The Morgan fingerprint density at radius 1 is 1.18 bits per heavy atom. The fourth-order valence-electron chi connectivity index (χ4n) is 4.43. The Kier molecular flexibility index (Phi) is 6.16. The Labute approximate surface area is 202 Å². The van der Waals surface area contributed by atoms with E-state index in [2.05, 4.69) is 52.8 Å². The number of carbonyl (C=O) groups is 1. The van der Waals surface area contributed by atoms with Crippen LogP contribution in [0.25, 0.3) is 38.4 Å². The molecule has 3 aromatic carbocycles. The molecule has 0 spiro atoms. The van der Waals surface area contributed by atoms with E-state index in [-0.39, 0.29) is 5.91 Å². The minimum absolute atomic E-state index is 0.188. The van der Waals surface area contributed by atoms with E-state index in [1.165, 1.54) is 10.8 Å². The Hall–Kier alpha value is -3.51. The Morgan fingerprint density at radius 2 is 2.00 bits per heavy atom. The molecule has 0 aliphatic carbocycles. The summed E-state index contributed by atoms with van der Waals surface area (Å²) in [6.45, 7) is 7.15. The largest absolute Gasteiger partial charge is 0.493 e. The van der Waals surface area contributed by atoms with E-state index in [1.807, 2.05) is 33.1 Å². The van der Waals surface area contributed by atoms with E-state index in [0.29, 0.717) is 11.8 Å². The molecule has 5 nitrogen and oxygen atoms in total. The van der Waals surface area contributed by atoms with Gasteiger partial charge in [-0.25, -0.2) is 0 Å². The molecule has 1 N–H and O–H groups in total. The average Bonchev–Trinajstić information content (AvgIpc) is 3.50. The summed E-state index contributed by atoms with van der Waals surface area (Å²) in [7, 11) is 0. The van der Waals surface area contributed by atoms with Gasteiger partial charge in [-0.3, -0.25) is 9.79 Å². The summed E-state index contributed by atoms with van der Waals surface area (Å²) in [5.41, 5.74) is 5.55. The summed E-state index contributed by atoms with van der Waals surface area (Å²) < 4.78 is 12.1. The first-order valence-corrected chi connectivity index (χ1v) is 12.4. The first kappa shape index (κ1) is 22.3. The van der Waals surface area contributed by atoms with Crippen LogP contribution >= 0.6 is 11.8 Å². The van der Waals surface area contributed by atoms with Crippen LogP contribution in [0.3, 0.4) is 0 Å². The van der Waals surface area contributed by atoms with Gasteiger partial charge in [-0.1, -0.05) is 54.2 Å². The fourth-order valence-corrected chi connectivity index (χ4v) is 5.17. The third kappa shape index (κ3) is 4.10. The maximum atomic E-state index is 12.6. The smallest absolute Gasteiger partial charge is 0.250 e. The standard InChI is InChI=1S/C28H26N2O3S/c1-4-32-26-18(3)27-23(15-22(26)17(2)14-25(31)30-28-29-12-13-34-28)24(16-33-27)21-11-7-9-19-8-5-6-10-20(19)21/h5-11,14-16H,4,12-13H2,1-3H3,(H,29,30,31)/b17-14+. The highest BCUT2D eigenvalue weighted by atomic mass is 32.2. The lowest BCUT2D eigenvalue weighted by Crippen LogP contribution is -2.25. The van der Waals surface area contributed by atoms with E-state index in [4.69, 9.17) is 9.15 Å². The third-order valence-corrected chi connectivity index (χ3v) is 6.89. The number of aryl methyl sites for hydroxylation is 1. The highest BCUT2D eigenvalue weighted by Crippen LogP contribution is 2.42. The number of amidine groups is 1. The van der Waals surface area contributed by atoms with Crippen molar-refractivity contribution in [3.05, 3.63) is 72.0 Å². The Morgan fingerprint density at radius 3 is 2.79 bits per heavy atom. The highest BCUT2D eigenvalue weighted by molar-refractivity contribution is 8.14. The molecule has 0 radical (unpaired) electrons. The number of nitrogens with zero attached hydrogens (tertiary/aromatic N) is 1. The first-order valence-electron chi connectivity index (χ1n) is 11.4. The lowest BCUT2D eigenvalue weighted by molar-refractivity contribution is -0.115. The first-order chi connectivity index (χ1) is 16.6. The molecule has 34 heavy (non-hydrogen) atoms. The zero-order chi connectivity index (χ0) is 23.7. The predicted octanol–water partition coefficient (Wildman–Crippen LogP) is 6.58. The molecule has 0 saturated heterocycles. The molecular weight excluding hydrogens is 444 g/mol. The predicted molar refractivity (Wildman–Crippen MR) is 142 cm³/mol. The van der Waals surface area contributed by atoms with E-state index < -0.39 is 0 Å². The van der Waals surface area contributed by atoms with Gasteiger partial charge in [-0.15, -0.1) is 0 Å². The molecule has 5 rings (SSSR count).